The Morgan fingerprint density at radius 3 is 2.43 bits per heavy atom. The summed E-state index contributed by atoms with van der Waals surface area (Å²) < 4.78 is 5.62. The van der Waals surface area contributed by atoms with Gasteiger partial charge < -0.3 is 14.7 Å². The number of thiocarbonyl (C=S) groups is 1. The van der Waals surface area contributed by atoms with E-state index in [4.69, 9.17) is 17.0 Å². The number of amides is 1. The van der Waals surface area contributed by atoms with Crippen molar-refractivity contribution in [2.45, 2.75) is 13.8 Å². The van der Waals surface area contributed by atoms with Crippen molar-refractivity contribution in [1.29, 1.82) is 0 Å². The average Bonchev–Trinajstić information content (AvgIpc) is 2.98. The molecular formula is C21H22N2O3S2. The van der Waals surface area contributed by atoms with Crippen molar-refractivity contribution < 1.29 is 14.6 Å². The van der Waals surface area contributed by atoms with Gasteiger partial charge in [0, 0.05) is 30.4 Å². The molecule has 2 aromatic rings. The van der Waals surface area contributed by atoms with Crippen LogP contribution in [-0.2, 0) is 4.79 Å². The third-order valence-electron chi connectivity index (χ3n) is 4.55. The lowest BCUT2D eigenvalue weighted by molar-refractivity contribution is -0.113. The minimum atomic E-state index is -0.201. The molecule has 0 unspecified atom stereocenters. The van der Waals surface area contributed by atoms with Crippen molar-refractivity contribution in [1.82, 2.24) is 0 Å². The van der Waals surface area contributed by atoms with Crippen LogP contribution in [0.2, 0.25) is 0 Å². The standard InChI is InChI=1S/C21H22N2O3S2/c1-4-22(5-2)16-7-6-14(18(24)13-16)12-19-20(25)23(21(27)28-19)15-8-10-17(26-3)11-9-15/h6-13,24H,4-5H2,1-3H3/b19-12+. The molecule has 1 amide bonds. The number of ether oxygens (including phenoxy) is 1. The molecule has 1 N–H and O–H groups in total. The van der Waals surface area contributed by atoms with E-state index in [0.29, 0.717) is 26.2 Å². The highest BCUT2D eigenvalue weighted by Gasteiger charge is 2.33. The van der Waals surface area contributed by atoms with Gasteiger partial charge in [0.15, 0.2) is 4.32 Å². The van der Waals surface area contributed by atoms with Crippen LogP contribution in [0.25, 0.3) is 6.08 Å². The Kier molecular flexibility index (Phi) is 6.26. The van der Waals surface area contributed by atoms with Gasteiger partial charge >= 0.3 is 0 Å². The first-order chi connectivity index (χ1) is 13.5. The van der Waals surface area contributed by atoms with Crippen LogP contribution >= 0.6 is 24.0 Å². The molecule has 0 atom stereocenters. The molecule has 3 rings (SSSR count). The molecule has 0 aromatic heterocycles. The predicted molar refractivity (Wildman–Crippen MR) is 120 cm³/mol. The van der Waals surface area contributed by atoms with Crippen LogP contribution in [0.15, 0.2) is 47.4 Å². The number of carbonyl (C=O) groups is 1. The van der Waals surface area contributed by atoms with Crippen LogP contribution < -0.4 is 14.5 Å². The Hall–Kier alpha value is -2.51. The summed E-state index contributed by atoms with van der Waals surface area (Å²) in [5, 5.41) is 10.4. The number of rotatable bonds is 6. The van der Waals surface area contributed by atoms with Gasteiger partial charge in [0.2, 0.25) is 0 Å². The molecule has 7 heteroatoms. The highest BCUT2D eigenvalue weighted by atomic mass is 32.2. The number of phenolic OH excluding ortho intramolecular Hbond substituents is 1. The van der Waals surface area contributed by atoms with Crippen LogP contribution in [0.3, 0.4) is 0 Å². The largest absolute Gasteiger partial charge is 0.507 e. The normalized spacial score (nSPS) is 15.4. The second kappa shape index (κ2) is 8.67. The quantitative estimate of drug-likeness (QED) is 0.548. The van der Waals surface area contributed by atoms with Gasteiger partial charge in [-0.2, -0.15) is 0 Å². The zero-order valence-electron chi connectivity index (χ0n) is 16.0. The Morgan fingerprint density at radius 1 is 1.18 bits per heavy atom. The second-order valence-electron chi connectivity index (χ2n) is 6.13. The first-order valence-electron chi connectivity index (χ1n) is 8.98. The molecule has 0 saturated carbocycles. The van der Waals surface area contributed by atoms with Crippen molar-refractivity contribution in [2.75, 3.05) is 30.0 Å². The lowest BCUT2D eigenvalue weighted by Crippen LogP contribution is -2.27. The molecule has 2 aromatic carbocycles. The summed E-state index contributed by atoms with van der Waals surface area (Å²) >= 11 is 6.63. The number of hydrogen-bond acceptors (Lipinski definition) is 6. The summed E-state index contributed by atoms with van der Waals surface area (Å²) in [6, 6.07) is 12.7. The first kappa shape index (κ1) is 20.2. The Balaban J connectivity index is 1.87. The Morgan fingerprint density at radius 2 is 1.86 bits per heavy atom. The third kappa shape index (κ3) is 4.00. The number of benzene rings is 2. The van der Waals surface area contributed by atoms with Gasteiger partial charge in [-0.05, 0) is 56.3 Å². The summed E-state index contributed by atoms with van der Waals surface area (Å²) in [6.45, 7) is 5.85. The van der Waals surface area contributed by atoms with Gasteiger partial charge in [-0.1, -0.05) is 24.0 Å². The zero-order valence-corrected chi connectivity index (χ0v) is 17.6. The van der Waals surface area contributed by atoms with E-state index in [2.05, 4.69) is 18.7 Å². The van der Waals surface area contributed by atoms with E-state index in [1.165, 1.54) is 16.7 Å². The van der Waals surface area contributed by atoms with Crippen LogP contribution in [0, 0.1) is 0 Å². The molecular weight excluding hydrogens is 392 g/mol. The van der Waals surface area contributed by atoms with Crippen molar-refractivity contribution >= 4 is 51.7 Å². The Labute approximate surface area is 174 Å². The molecule has 1 aliphatic rings. The molecule has 0 spiro atoms. The van der Waals surface area contributed by atoms with Crippen molar-refractivity contribution in [3.63, 3.8) is 0 Å². The Bertz CT molecular complexity index is 922. The number of phenols is 1. The molecule has 1 heterocycles. The summed E-state index contributed by atoms with van der Waals surface area (Å²) in [6.07, 6.45) is 1.68. The molecule has 1 aliphatic heterocycles. The molecule has 0 radical (unpaired) electrons. The smallest absolute Gasteiger partial charge is 0.270 e. The molecule has 0 bridgehead atoms. The molecule has 28 heavy (non-hydrogen) atoms. The molecule has 146 valence electrons. The topological polar surface area (TPSA) is 53.0 Å². The summed E-state index contributed by atoms with van der Waals surface area (Å²) in [4.78, 5) is 17.0. The third-order valence-corrected chi connectivity index (χ3v) is 5.86. The van der Waals surface area contributed by atoms with Crippen molar-refractivity contribution in [2.24, 2.45) is 0 Å². The predicted octanol–water partition coefficient (Wildman–Crippen LogP) is 4.65. The molecule has 0 aliphatic carbocycles. The molecule has 1 saturated heterocycles. The van der Waals surface area contributed by atoms with E-state index in [1.807, 2.05) is 12.1 Å². The maximum atomic E-state index is 12.9. The number of nitrogens with zero attached hydrogens (tertiary/aromatic N) is 2. The lowest BCUT2D eigenvalue weighted by atomic mass is 10.1. The lowest BCUT2D eigenvalue weighted by Gasteiger charge is -2.21. The second-order valence-corrected chi connectivity index (χ2v) is 7.81. The van der Waals surface area contributed by atoms with Crippen molar-refractivity contribution in [3.05, 3.63) is 52.9 Å². The minimum Gasteiger partial charge on any atom is -0.507 e. The number of thioether (sulfide) groups is 1. The van der Waals surface area contributed by atoms with Gasteiger partial charge in [0.1, 0.15) is 11.5 Å². The van der Waals surface area contributed by atoms with E-state index in [-0.39, 0.29) is 11.7 Å². The highest BCUT2D eigenvalue weighted by molar-refractivity contribution is 8.27. The first-order valence-corrected chi connectivity index (χ1v) is 10.2. The summed E-state index contributed by atoms with van der Waals surface area (Å²) in [7, 11) is 1.59. The molecule has 5 nitrogen and oxygen atoms in total. The zero-order chi connectivity index (χ0) is 20.3. The van der Waals surface area contributed by atoms with E-state index in [9.17, 15) is 9.90 Å². The average molecular weight is 415 g/mol. The highest BCUT2D eigenvalue weighted by Crippen LogP contribution is 2.38. The minimum absolute atomic E-state index is 0.138. The maximum Gasteiger partial charge on any atom is 0.270 e. The van der Waals surface area contributed by atoms with Crippen LogP contribution in [-0.4, -0.2) is 35.5 Å². The van der Waals surface area contributed by atoms with E-state index in [1.54, 1.807) is 43.5 Å². The van der Waals surface area contributed by atoms with Crippen LogP contribution in [0.5, 0.6) is 11.5 Å². The van der Waals surface area contributed by atoms with Gasteiger partial charge in [-0.15, -0.1) is 0 Å². The number of anilines is 2. The van der Waals surface area contributed by atoms with Gasteiger partial charge in [0.25, 0.3) is 5.91 Å². The number of carbonyl (C=O) groups excluding carboxylic acids is 1. The maximum absolute atomic E-state index is 12.9. The van der Waals surface area contributed by atoms with E-state index < -0.39 is 0 Å². The van der Waals surface area contributed by atoms with Crippen LogP contribution in [0.4, 0.5) is 11.4 Å². The van der Waals surface area contributed by atoms with Gasteiger partial charge in [0.05, 0.1) is 17.7 Å². The van der Waals surface area contributed by atoms with E-state index >= 15 is 0 Å². The fraction of sp³-hybridized carbons (Fsp3) is 0.238. The number of methoxy groups -OCH3 is 1. The van der Waals surface area contributed by atoms with Gasteiger partial charge in [-0.25, -0.2) is 0 Å². The SMILES string of the molecule is CCN(CC)c1ccc(/C=C2/SC(=S)N(c3ccc(OC)cc3)C2=O)c(O)c1. The van der Waals surface area contributed by atoms with E-state index in [0.717, 1.165) is 18.8 Å². The van der Waals surface area contributed by atoms with Gasteiger partial charge in [-0.3, -0.25) is 9.69 Å². The number of hydrogen-bond donors (Lipinski definition) is 1. The monoisotopic (exact) mass is 414 g/mol. The summed E-state index contributed by atoms with van der Waals surface area (Å²) in [5.74, 6) is 0.648. The van der Waals surface area contributed by atoms with Crippen molar-refractivity contribution in [3.8, 4) is 11.5 Å². The fourth-order valence-corrected chi connectivity index (χ4v) is 4.29. The number of aromatic hydroxyl groups is 1. The van der Waals surface area contributed by atoms with Crippen LogP contribution in [0.1, 0.15) is 19.4 Å². The fourth-order valence-electron chi connectivity index (χ4n) is 3.00. The molecule has 1 fully saturated rings. The summed E-state index contributed by atoms with van der Waals surface area (Å²) in [5.41, 5.74) is 2.23.